The van der Waals surface area contributed by atoms with Crippen molar-refractivity contribution in [1.29, 1.82) is 0 Å². The first kappa shape index (κ1) is 19.9. The maximum atomic E-state index is 12.4. The number of nitrogens with zero attached hydrogens (tertiary/aromatic N) is 1. The summed E-state index contributed by atoms with van der Waals surface area (Å²) in [7, 11) is 1.32. The van der Waals surface area contributed by atoms with Crippen LogP contribution in [0.1, 0.15) is 5.56 Å². The predicted molar refractivity (Wildman–Crippen MR) is 94.6 cm³/mol. The van der Waals surface area contributed by atoms with Gasteiger partial charge in [-0.1, -0.05) is 6.07 Å². The number of nitrogens with one attached hydrogen (secondary N) is 2. The Kier molecular flexibility index (Phi) is 6.47. The first-order valence-corrected chi connectivity index (χ1v) is 7.72. The Morgan fingerprint density at radius 1 is 1.26 bits per heavy atom. The van der Waals surface area contributed by atoms with Crippen LogP contribution in [0.25, 0.3) is 0 Å². The van der Waals surface area contributed by atoms with E-state index in [9.17, 15) is 23.7 Å². The molecule has 0 saturated heterocycles. The molecule has 0 fully saturated rings. The lowest BCUT2D eigenvalue weighted by Crippen LogP contribution is -2.22. The van der Waals surface area contributed by atoms with Crippen LogP contribution in [0, 0.1) is 17.0 Å². The third-order valence-corrected chi connectivity index (χ3v) is 3.61. The molecule has 144 valence electrons. The minimum atomic E-state index is -3.02. The molecule has 0 radical (unpaired) electrons. The fourth-order valence-electron chi connectivity index (χ4n) is 2.31. The van der Waals surface area contributed by atoms with Gasteiger partial charge in [0.05, 0.1) is 29.8 Å². The van der Waals surface area contributed by atoms with Crippen LogP contribution in [0.15, 0.2) is 36.4 Å². The minimum absolute atomic E-state index is 0.107. The van der Waals surface area contributed by atoms with Crippen LogP contribution < -0.4 is 20.1 Å². The fraction of sp³-hybridized carbons (Fsp3) is 0.235. The van der Waals surface area contributed by atoms with Crippen molar-refractivity contribution in [3.63, 3.8) is 0 Å². The summed E-state index contributed by atoms with van der Waals surface area (Å²) in [5, 5.41) is 16.3. The number of ether oxygens (including phenoxy) is 2. The molecule has 0 unspecified atom stereocenters. The number of halogens is 2. The molecule has 0 aliphatic rings. The summed E-state index contributed by atoms with van der Waals surface area (Å²) in [4.78, 5) is 22.5. The lowest BCUT2D eigenvalue weighted by molar-refractivity contribution is -0.385. The van der Waals surface area contributed by atoms with Gasteiger partial charge in [0.15, 0.2) is 11.5 Å². The Hall–Kier alpha value is -3.43. The minimum Gasteiger partial charge on any atom is -0.493 e. The number of amides is 1. The van der Waals surface area contributed by atoms with E-state index in [-0.39, 0.29) is 23.7 Å². The highest BCUT2D eigenvalue weighted by molar-refractivity contribution is 5.94. The molecule has 0 aliphatic carbocycles. The lowest BCUT2D eigenvalue weighted by atomic mass is 10.1. The van der Waals surface area contributed by atoms with Gasteiger partial charge in [-0.05, 0) is 25.1 Å². The molecule has 0 spiro atoms. The van der Waals surface area contributed by atoms with Gasteiger partial charge in [0.2, 0.25) is 5.91 Å². The van der Waals surface area contributed by atoms with E-state index in [1.807, 2.05) is 0 Å². The average molecular weight is 381 g/mol. The molecule has 0 atom stereocenters. The fourth-order valence-corrected chi connectivity index (χ4v) is 2.31. The van der Waals surface area contributed by atoms with E-state index in [2.05, 4.69) is 15.4 Å². The number of anilines is 2. The van der Waals surface area contributed by atoms with Gasteiger partial charge >= 0.3 is 6.61 Å². The molecule has 2 rings (SSSR count). The van der Waals surface area contributed by atoms with Gasteiger partial charge in [-0.25, -0.2) is 0 Å². The van der Waals surface area contributed by atoms with Crippen molar-refractivity contribution in [1.82, 2.24) is 0 Å². The standard InChI is InChI=1S/C17H17F2N3O5/c1-10-12(4-3-5-13(10)22(24)25)21-16(23)9-20-11-6-7-14(26-2)15(8-11)27-17(18)19/h3-8,17,20H,9H2,1-2H3,(H,21,23). The average Bonchev–Trinajstić information content (AvgIpc) is 2.61. The van der Waals surface area contributed by atoms with Gasteiger partial charge in [-0.2, -0.15) is 8.78 Å². The number of rotatable bonds is 8. The number of hydrogen-bond donors (Lipinski definition) is 2. The predicted octanol–water partition coefficient (Wildman–Crippen LogP) is 3.56. The van der Waals surface area contributed by atoms with Crippen molar-refractivity contribution >= 4 is 23.0 Å². The van der Waals surface area contributed by atoms with Gasteiger partial charge in [0.1, 0.15) is 0 Å². The van der Waals surface area contributed by atoms with Crippen LogP contribution in [0.3, 0.4) is 0 Å². The van der Waals surface area contributed by atoms with Crippen LogP contribution in [0.4, 0.5) is 25.8 Å². The molecule has 8 nitrogen and oxygen atoms in total. The Bertz CT molecular complexity index is 845. The number of benzene rings is 2. The summed E-state index contributed by atoms with van der Waals surface area (Å²) in [6.07, 6.45) is 0. The summed E-state index contributed by atoms with van der Waals surface area (Å²) >= 11 is 0. The van der Waals surface area contributed by atoms with Crippen molar-refractivity contribution in [2.24, 2.45) is 0 Å². The molecule has 27 heavy (non-hydrogen) atoms. The number of alkyl halides is 2. The Morgan fingerprint density at radius 2 is 2.00 bits per heavy atom. The Balaban J connectivity index is 2.04. The molecule has 2 N–H and O–H groups in total. The molecule has 0 saturated carbocycles. The molecule has 0 bridgehead atoms. The van der Waals surface area contributed by atoms with Gasteiger partial charge in [0, 0.05) is 17.8 Å². The molecule has 1 amide bonds. The maximum Gasteiger partial charge on any atom is 0.387 e. The highest BCUT2D eigenvalue weighted by Crippen LogP contribution is 2.31. The van der Waals surface area contributed by atoms with Crippen molar-refractivity contribution in [2.45, 2.75) is 13.5 Å². The van der Waals surface area contributed by atoms with Crippen molar-refractivity contribution in [3.8, 4) is 11.5 Å². The summed E-state index contributed by atoms with van der Waals surface area (Å²) in [6.45, 7) is -1.68. The summed E-state index contributed by atoms with van der Waals surface area (Å²) in [6, 6.07) is 8.57. The zero-order valence-corrected chi connectivity index (χ0v) is 14.5. The lowest BCUT2D eigenvalue weighted by Gasteiger charge is -2.13. The summed E-state index contributed by atoms with van der Waals surface area (Å²) < 4.78 is 34.2. The number of nitro groups is 1. The number of hydrogen-bond acceptors (Lipinski definition) is 6. The van der Waals surface area contributed by atoms with E-state index >= 15 is 0 Å². The van der Waals surface area contributed by atoms with E-state index in [1.165, 1.54) is 44.4 Å². The maximum absolute atomic E-state index is 12.4. The van der Waals surface area contributed by atoms with E-state index in [4.69, 9.17) is 4.74 Å². The topological polar surface area (TPSA) is 103 Å². The SMILES string of the molecule is COc1ccc(NCC(=O)Nc2cccc([N+](=O)[O-])c2C)cc1OC(F)F. The van der Waals surface area contributed by atoms with Gasteiger partial charge in [-0.15, -0.1) is 0 Å². The number of methoxy groups -OCH3 is 1. The Morgan fingerprint density at radius 3 is 2.63 bits per heavy atom. The number of carbonyl (C=O) groups is 1. The van der Waals surface area contributed by atoms with Crippen molar-refractivity contribution < 1.29 is 28.0 Å². The Labute approximate surface area is 153 Å². The molecule has 0 aliphatic heterocycles. The number of nitro benzene ring substituents is 1. The monoisotopic (exact) mass is 381 g/mol. The summed E-state index contributed by atoms with van der Waals surface area (Å²) in [5.41, 5.74) is 0.891. The smallest absolute Gasteiger partial charge is 0.387 e. The first-order valence-electron chi connectivity index (χ1n) is 7.72. The van der Waals surface area contributed by atoms with E-state index in [0.29, 0.717) is 16.9 Å². The first-order chi connectivity index (χ1) is 12.8. The van der Waals surface area contributed by atoms with Gasteiger partial charge < -0.3 is 20.1 Å². The molecule has 0 heterocycles. The van der Waals surface area contributed by atoms with E-state index in [0.717, 1.165) is 0 Å². The highest BCUT2D eigenvalue weighted by atomic mass is 19.3. The van der Waals surface area contributed by atoms with Gasteiger partial charge in [0.25, 0.3) is 5.69 Å². The normalized spacial score (nSPS) is 10.4. The molecular formula is C17H17F2N3O5. The van der Waals surface area contributed by atoms with Crippen LogP contribution in [0.5, 0.6) is 11.5 Å². The van der Waals surface area contributed by atoms with Crippen molar-refractivity contribution in [3.05, 3.63) is 52.1 Å². The number of carbonyl (C=O) groups excluding carboxylic acids is 1. The zero-order valence-electron chi connectivity index (χ0n) is 14.5. The largest absolute Gasteiger partial charge is 0.493 e. The highest BCUT2D eigenvalue weighted by Gasteiger charge is 2.15. The van der Waals surface area contributed by atoms with Crippen LogP contribution in [-0.4, -0.2) is 31.1 Å². The second-order valence-corrected chi connectivity index (χ2v) is 5.35. The second-order valence-electron chi connectivity index (χ2n) is 5.35. The third kappa shape index (κ3) is 5.27. The zero-order chi connectivity index (χ0) is 20.0. The second kappa shape index (κ2) is 8.79. The van der Waals surface area contributed by atoms with Crippen LogP contribution in [0.2, 0.25) is 0 Å². The quantitative estimate of drug-likeness (QED) is 0.535. The molecular weight excluding hydrogens is 364 g/mol. The van der Waals surface area contributed by atoms with Gasteiger partial charge in [-0.3, -0.25) is 14.9 Å². The van der Waals surface area contributed by atoms with E-state index < -0.39 is 17.4 Å². The van der Waals surface area contributed by atoms with E-state index in [1.54, 1.807) is 6.07 Å². The third-order valence-electron chi connectivity index (χ3n) is 3.61. The molecule has 0 aromatic heterocycles. The van der Waals surface area contributed by atoms with Crippen LogP contribution >= 0.6 is 0 Å². The van der Waals surface area contributed by atoms with Crippen molar-refractivity contribution in [2.75, 3.05) is 24.3 Å². The molecule has 10 heteroatoms. The van der Waals surface area contributed by atoms with Crippen LogP contribution in [-0.2, 0) is 4.79 Å². The molecule has 2 aromatic rings. The molecule has 2 aromatic carbocycles. The summed E-state index contributed by atoms with van der Waals surface area (Å²) in [5.74, 6) is -0.518.